The van der Waals surface area contributed by atoms with Gasteiger partial charge in [0.05, 0.1) is 0 Å². The molecule has 0 amide bonds. The topological polar surface area (TPSA) is 26.0 Å². The van der Waals surface area contributed by atoms with E-state index in [0.717, 1.165) is 11.8 Å². The van der Waals surface area contributed by atoms with Crippen molar-refractivity contribution in [2.75, 3.05) is 0 Å². The van der Waals surface area contributed by atoms with Crippen LogP contribution in [0.5, 0.6) is 0 Å². The van der Waals surface area contributed by atoms with Crippen molar-refractivity contribution in [2.24, 2.45) is 17.6 Å². The van der Waals surface area contributed by atoms with Crippen molar-refractivity contribution in [1.29, 1.82) is 0 Å². The highest BCUT2D eigenvalue weighted by molar-refractivity contribution is 4.77. The molecule has 1 saturated carbocycles. The third kappa shape index (κ3) is 1.72. The zero-order chi connectivity index (χ0) is 7.56. The third-order valence-corrected chi connectivity index (χ3v) is 2.85. The summed E-state index contributed by atoms with van der Waals surface area (Å²) >= 11 is 0. The molecule has 1 aliphatic rings. The first-order valence-corrected chi connectivity index (χ1v) is 4.47. The van der Waals surface area contributed by atoms with Crippen LogP contribution in [0, 0.1) is 11.8 Å². The molecule has 0 saturated heterocycles. The first kappa shape index (κ1) is 8.06. The molecule has 1 aliphatic carbocycles. The van der Waals surface area contributed by atoms with Crippen molar-refractivity contribution in [1.82, 2.24) is 0 Å². The maximum Gasteiger partial charge on any atom is 0.00413 e. The van der Waals surface area contributed by atoms with Gasteiger partial charge in [-0.2, -0.15) is 0 Å². The molecular weight excluding hydrogens is 122 g/mol. The predicted octanol–water partition coefficient (Wildman–Crippen LogP) is 2.16. The average molecular weight is 141 g/mol. The van der Waals surface area contributed by atoms with Crippen molar-refractivity contribution in [3.63, 3.8) is 0 Å². The largest absolute Gasteiger partial charge is 0.328 e. The van der Waals surface area contributed by atoms with Crippen LogP contribution in [0.2, 0.25) is 0 Å². The van der Waals surface area contributed by atoms with Crippen LogP contribution in [0.1, 0.15) is 39.5 Å². The van der Waals surface area contributed by atoms with Gasteiger partial charge in [0.1, 0.15) is 0 Å². The molecular formula is C9H19N. The average Bonchev–Trinajstić information content (AvgIpc) is 1.88. The van der Waals surface area contributed by atoms with Crippen molar-refractivity contribution >= 4 is 0 Å². The Labute approximate surface area is 64.0 Å². The number of hydrogen-bond acceptors (Lipinski definition) is 1. The summed E-state index contributed by atoms with van der Waals surface area (Å²) in [5, 5.41) is 0. The Kier molecular flexibility index (Phi) is 2.72. The molecule has 0 radical (unpaired) electrons. The number of rotatable bonds is 1. The van der Waals surface area contributed by atoms with Gasteiger partial charge in [0.25, 0.3) is 0 Å². The Hall–Kier alpha value is -0.0400. The molecule has 0 bridgehead atoms. The van der Waals surface area contributed by atoms with Crippen LogP contribution in [0.3, 0.4) is 0 Å². The molecule has 2 N–H and O–H groups in total. The van der Waals surface area contributed by atoms with Gasteiger partial charge in [0.2, 0.25) is 0 Å². The summed E-state index contributed by atoms with van der Waals surface area (Å²) in [5.41, 5.74) is 5.86. The van der Waals surface area contributed by atoms with Crippen LogP contribution in [-0.2, 0) is 0 Å². The second-order valence-corrected chi connectivity index (χ2v) is 3.78. The van der Waals surface area contributed by atoms with Gasteiger partial charge >= 0.3 is 0 Å². The lowest BCUT2D eigenvalue weighted by molar-refractivity contribution is 0.225. The molecule has 0 aromatic carbocycles. The van der Waals surface area contributed by atoms with Gasteiger partial charge in [0.15, 0.2) is 0 Å². The van der Waals surface area contributed by atoms with E-state index in [9.17, 15) is 0 Å². The van der Waals surface area contributed by atoms with Gasteiger partial charge < -0.3 is 5.73 Å². The minimum atomic E-state index is 0.412. The van der Waals surface area contributed by atoms with Gasteiger partial charge in [-0.15, -0.1) is 0 Å². The summed E-state index contributed by atoms with van der Waals surface area (Å²) in [6.07, 6.45) is 5.58. The van der Waals surface area contributed by atoms with E-state index in [1.807, 2.05) is 0 Å². The summed E-state index contributed by atoms with van der Waals surface area (Å²) in [7, 11) is 0. The molecule has 1 nitrogen and oxygen atoms in total. The fourth-order valence-corrected chi connectivity index (χ4v) is 2.13. The lowest BCUT2D eigenvalue weighted by Crippen LogP contribution is -2.33. The molecule has 0 aromatic rings. The molecule has 10 heavy (non-hydrogen) atoms. The van der Waals surface area contributed by atoms with E-state index in [0.29, 0.717) is 6.04 Å². The van der Waals surface area contributed by atoms with Gasteiger partial charge in [-0.1, -0.05) is 26.2 Å². The van der Waals surface area contributed by atoms with E-state index in [1.54, 1.807) is 0 Å². The highest BCUT2D eigenvalue weighted by Crippen LogP contribution is 2.30. The van der Waals surface area contributed by atoms with E-state index in [2.05, 4.69) is 13.8 Å². The summed E-state index contributed by atoms with van der Waals surface area (Å²) < 4.78 is 0. The van der Waals surface area contributed by atoms with Crippen molar-refractivity contribution in [3.05, 3.63) is 0 Å². The third-order valence-electron chi connectivity index (χ3n) is 2.85. The summed E-state index contributed by atoms with van der Waals surface area (Å²) in [6.45, 7) is 4.49. The molecule has 60 valence electrons. The molecule has 0 spiro atoms. The fraction of sp³-hybridized carbons (Fsp3) is 1.00. The van der Waals surface area contributed by atoms with E-state index < -0.39 is 0 Å². The van der Waals surface area contributed by atoms with Crippen LogP contribution in [0.15, 0.2) is 0 Å². The van der Waals surface area contributed by atoms with E-state index in [1.165, 1.54) is 25.7 Å². The Morgan fingerprint density at radius 2 is 1.90 bits per heavy atom. The van der Waals surface area contributed by atoms with Crippen LogP contribution in [0.4, 0.5) is 0 Å². The zero-order valence-corrected chi connectivity index (χ0v) is 7.14. The van der Waals surface area contributed by atoms with E-state index >= 15 is 0 Å². The summed E-state index contributed by atoms with van der Waals surface area (Å²) in [5.74, 6) is 1.67. The standard InChI is InChI=1S/C9H19N/c1-7-5-3-4-6-9(7)8(2)10/h7-9H,3-6,10H2,1-2H3. The number of hydrogen-bond donors (Lipinski definition) is 1. The summed E-state index contributed by atoms with van der Waals surface area (Å²) in [4.78, 5) is 0. The Bertz CT molecular complexity index is 98.9. The summed E-state index contributed by atoms with van der Waals surface area (Å²) in [6, 6.07) is 0.412. The first-order chi connectivity index (χ1) is 4.72. The first-order valence-electron chi connectivity index (χ1n) is 4.47. The van der Waals surface area contributed by atoms with Crippen LogP contribution < -0.4 is 5.73 Å². The Morgan fingerprint density at radius 1 is 1.30 bits per heavy atom. The second kappa shape index (κ2) is 3.38. The molecule has 0 aromatic heterocycles. The Balaban J connectivity index is 2.40. The van der Waals surface area contributed by atoms with Crippen LogP contribution in [0.25, 0.3) is 0 Å². The maximum absolute atomic E-state index is 5.86. The maximum atomic E-state index is 5.86. The normalized spacial score (nSPS) is 37.5. The minimum absolute atomic E-state index is 0.412. The molecule has 1 rings (SSSR count). The fourth-order valence-electron chi connectivity index (χ4n) is 2.13. The lowest BCUT2D eigenvalue weighted by atomic mass is 9.77. The van der Waals surface area contributed by atoms with Crippen LogP contribution in [-0.4, -0.2) is 6.04 Å². The molecule has 1 fully saturated rings. The SMILES string of the molecule is CC(N)C1CCCCC1C. The van der Waals surface area contributed by atoms with E-state index in [4.69, 9.17) is 5.73 Å². The highest BCUT2D eigenvalue weighted by atomic mass is 14.6. The van der Waals surface area contributed by atoms with Crippen LogP contribution >= 0.6 is 0 Å². The van der Waals surface area contributed by atoms with Gasteiger partial charge in [0, 0.05) is 6.04 Å². The minimum Gasteiger partial charge on any atom is -0.328 e. The lowest BCUT2D eigenvalue weighted by Gasteiger charge is -2.31. The second-order valence-electron chi connectivity index (χ2n) is 3.78. The Morgan fingerprint density at radius 3 is 2.30 bits per heavy atom. The quantitative estimate of drug-likeness (QED) is 0.595. The van der Waals surface area contributed by atoms with Crippen molar-refractivity contribution in [3.8, 4) is 0 Å². The van der Waals surface area contributed by atoms with Crippen molar-refractivity contribution in [2.45, 2.75) is 45.6 Å². The molecule has 0 aliphatic heterocycles. The number of nitrogens with two attached hydrogens (primary N) is 1. The molecule has 3 unspecified atom stereocenters. The molecule has 3 atom stereocenters. The zero-order valence-electron chi connectivity index (χ0n) is 7.14. The highest BCUT2D eigenvalue weighted by Gasteiger charge is 2.23. The monoisotopic (exact) mass is 141 g/mol. The molecule has 1 heteroatoms. The molecule has 0 heterocycles. The predicted molar refractivity (Wildman–Crippen MR) is 44.8 cm³/mol. The van der Waals surface area contributed by atoms with Crippen molar-refractivity contribution < 1.29 is 0 Å². The van der Waals surface area contributed by atoms with Gasteiger partial charge in [-0.25, -0.2) is 0 Å². The van der Waals surface area contributed by atoms with Gasteiger partial charge in [-0.3, -0.25) is 0 Å². The van der Waals surface area contributed by atoms with E-state index in [-0.39, 0.29) is 0 Å². The smallest absolute Gasteiger partial charge is 0.00413 e. The van der Waals surface area contributed by atoms with Gasteiger partial charge in [-0.05, 0) is 25.2 Å².